The number of ether oxygens (including phenoxy) is 2. The Kier molecular flexibility index (Phi) is 12.5. The zero-order chi connectivity index (χ0) is 38.8. The van der Waals surface area contributed by atoms with E-state index in [2.05, 4.69) is 15.3 Å². The van der Waals surface area contributed by atoms with Crippen LogP contribution in [0.2, 0.25) is 5.02 Å². The number of halogens is 7. The number of benzene rings is 1. The number of carbonyl (C=O) groups is 2. The average Bonchev–Trinajstić information content (AvgIpc) is 3.66. The van der Waals surface area contributed by atoms with E-state index < -0.39 is 65.6 Å². The van der Waals surface area contributed by atoms with Crippen LogP contribution in [0.4, 0.5) is 53.3 Å². The summed E-state index contributed by atoms with van der Waals surface area (Å²) in [6.07, 6.45) is -11.1. The van der Waals surface area contributed by atoms with Gasteiger partial charge in [0, 0.05) is 36.4 Å². The molecule has 2 saturated heterocycles. The van der Waals surface area contributed by atoms with Crippen molar-refractivity contribution in [1.29, 1.82) is 0 Å². The van der Waals surface area contributed by atoms with Crippen LogP contribution in [0.25, 0.3) is 0 Å². The fourth-order valence-corrected chi connectivity index (χ4v) is 7.44. The molecule has 2 aromatic rings. The molecule has 2 aliphatic heterocycles. The van der Waals surface area contributed by atoms with Crippen LogP contribution in [0.1, 0.15) is 47.5 Å². The molecule has 20 heteroatoms. The van der Waals surface area contributed by atoms with E-state index in [0.717, 1.165) is 11.8 Å². The maximum absolute atomic E-state index is 14.7. The molecular formula is C32H43ClF6N8O4S. The molecular weight excluding hydrogens is 742 g/mol. The summed E-state index contributed by atoms with van der Waals surface area (Å²) in [6.45, 7) is 7.27. The molecule has 2 amide bonds. The zero-order valence-corrected chi connectivity index (χ0v) is 30.7. The van der Waals surface area contributed by atoms with Crippen molar-refractivity contribution in [2.24, 2.45) is 17.8 Å². The minimum Gasteiger partial charge on any atom is -0.444 e. The molecule has 3 heterocycles. The topological polar surface area (TPSA) is 170 Å². The van der Waals surface area contributed by atoms with E-state index in [4.69, 9.17) is 32.5 Å². The average molecular weight is 785 g/mol. The Hall–Kier alpha value is -3.58. The predicted molar refractivity (Wildman–Crippen MR) is 184 cm³/mol. The lowest BCUT2D eigenvalue weighted by atomic mass is 9.81. The smallest absolute Gasteiger partial charge is 0.409 e. The Morgan fingerprint density at radius 2 is 1.65 bits per heavy atom. The van der Waals surface area contributed by atoms with Gasteiger partial charge < -0.3 is 41.8 Å². The summed E-state index contributed by atoms with van der Waals surface area (Å²) in [6, 6.07) is 0.377. The molecule has 290 valence electrons. The highest BCUT2D eigenvalue weighted by molar-refractivity contribution is 7.99. The summed E-state index contributed by atoms with van der Waals surface area (Å²) in [4.78, 5) is 36.3. The first-order valence-electron chi connectivity index (χ1n) is 16.4. The van der Waals surface area contributed by atoms with E-state index in [9.17, 15) is 35.9 Å². The highest BCUT2D eigenvalue weighted by atomic mass is 35.5. The number of rotatable bonds is 10. The molecule has 12 nitrogen and oxygen atoms in total. The molecule has 5 unspecified atom stereocenters. The van der Waals surface area contributed by atoms with Gasteiger partial charge in [0.15, 0.2) is 5.82 Å². The van der Waals surface area contributed by atoms with Crippen molar-refractivity contribution >= 4 is 52.9 Å². The van der Waals surface area contributed by atoms with E-state index >= 15 is 0 Å². The van der Waals surface area contributed by atoms with Crippen molar-refractivity contribution in [3.8, 4) is 0 Å². The SMILES string of the molecule is CC(C)(C)OC(=O)NC(C1CN(c2cnc(Sc3cccc(N)c3Cl)c(N)n2)CC1CC(C)(C)OC(=O)NC(C1CCNC1)C(F)(F)F)C(F)(F)F. The van der Waals surface area contributed by atoms with Gasteiger partial charge in [-0.25, -0.2) is 19.6 Å². The molecule has 1 aromatic heterocycles. The van der Waals surface area contributed by atoms with Crippen molar-refractivity contribution in [2.75, 3.05) is 42.5 Å². The molecule has 52 heavy (non-hydrogen) atoms. The molecule has 2 fully saturated rings. The summed E-state index contributed by atoms with van der Waals surface area (Å²) in [5.41, 5.74) is 9.78. The number of nitrogens with two attached hydrogens (primary N) is 2. The van der Waals surface area contributed by atoms with E-state index in [1.165, 1.54) is 45.7 Å². The predicted octanol–water partition coefficient (Wildman–Crippen LogP) is 6.39. The number of hydrogen-bond acceptors (Lipinski definition) is 11. The van der Waals surface area contributed by atoms with Crippen molar-refractivity contribution in [2.45, 2.75) is 93.0 Å². The van der Waals surface area contributed by atoms with Crippen molar-refractivity contribution in [3.63, 3.8) is 0 Å². The van der Waals surface area contributed by atoms with Gasteiger partial charge in [-0.05, 0) is 72.1 Å². The summed E-state index contributed by atoms with van der Waals surface area (Å²) in [5, 5.41) is 7.25. The summed E-state index contributed by atoms with van der Waals surface area (Å²) < 4.78 is 96.4. The number of carbonyl (C=O) groups excluding carboxylic acids is 2. The molecule has 0 saturated carbocycles. The fraction of sp³-hybridized carbons (Fsp3) is 0.625. The zero-order valence-electron chi connectivity index (χ0n) is 29.1. The third-order valence-electron chi connectivity index (χ3n) is 8.54. The van der Waals surface area contributed by atoms with Crippen LogP contribution in [0.3, 0.4) is 0 Å². The van der Waals surface area contributed by atoms with Gasteiger partial charge in [-0.1, -0.05) is 29.4 Å². The Balaban J connectivity index is 1.60. The fourth-order valence-electron chi connectivity index (χ4n) is 6.38. The van der Waals surface area contributed by atoms with Gasteiger partial charge in [0.25, 0.3) is 0 Å². The second-order valence-electron chi connectivity index (χ2n) is 14.4. The number of anilines is 3. The van der Waals surface area contributed by atoms with Gasteiger partial charge in [0.2, 0.25) is 0 Å². The number of alkyl carbamates (subject to hydrolysis) is 2. The molecule has 1 aromatic carbocycles. The first-order chi connectivity index (χ1) is 23.9. The first kappa shape index (κ1) is 41.2. The normalized spacial score (nSPS) is 21.1. The first-order valence-corrected chi connectivity index (χ1v) is 17.6. The number of alkyl halides is 6. The van der Waals surface area contributed by atoms with E-state index in [1.54, 1.807) is 18.2 Å². The summed E-state index contributed by atoms with van der Waals surface area (Å²) in [5.74, 6) is -3.16. The number of nitrogens with zero attached hydrogens (tertiary/aromatic N) is 3. The standard InChI is InChI=1S/C32H43ClF6N8O4S/c1-29(2,3)50-27(48)46-24(32(37,38)39)18-15-47(21-13-43-26(25(41)44-21)52-20-8-6-7-19(40)22(20)33)14-17(18)11-30(4,5)51-28(49)45-23(31(34,35)36)16-9-10-42-12-16/h6-8,13,16-18,23-24,42H,9-12,14-15,40H2,1-5H3,(H2,41,44)(H,45,49)(H,46,48). The number of nitrogen functional groups attached to an aromatic ring is 2. The lowest BCUT2D eigenvalue weighted by molar-refractivity contribution is -0.170. The van der Waals surface area contributed by atoms with Gasteiger partial charge in [0.1, 0.15) is 34.1 Å². The van der Waals surface area contributed by atoms with Gasteiger partial charge in [-0.2, -0.15) is 26.3 Å². The van der Waals surface area contributed by atoms with Gasteiger partial charge in [0.05, 0.1) is 16.9 Å². The number of aromatic nitrogens is 2. The quantitative estimate of drug-likeness (QED) is 0.134. The molecule has 2 aliphatic rings. The lowest BCUT2D eigenvalue weighted by Crippen LogP contribution is -2.54. The van der Waals surface area contributed by atoms with E-state index in [1.807, 2.05) is 10.6 Å². The van der Waals surface area contributed by atoms with Crippen molar-refractivity contribution < 1.29 is 45.4 Å². The number of nitrogens with one attached hydrogen (secondary N) is 3. The third-order valence-corrected chi connectivity index (χ3v) is 10.1. The molecule has 5 atom stereocenters. The second-order valence-corrected chi connectivity index (χ2v) is 15.9. The largest absolute Gasteiger partial charge is 0.444 e. The highest BCUT2D eigenvalue weighted by Crippen LogP contribution is 2.42. The lowest BCUT2D eigenvalue weighted by Gasteiger charge is -2.35. The van der Waals surface area contributed by atoms with E-state index in [0.29, 0.717) is 17.1 Å². The Morgan fingerprint density at radius 1 is 1.02 bits per heavy atom. The van der Waals surface area contributed by atoms with Gasteiger partial charge >= 0.3 is 24.5 Å². The Labute approximate surface area is 306 Å². The minimum atomic E-state index is -4.96. The maximum atomic E-state index is 14.7. The Bertz CT molecular complexity index is 1590. The third kappa shape index (κ3) is 11.0. The summed E-state index contributed by atoms with van der Waals surface area (Å²) in [7, 11) is 0. The maximum Gasteiger partial charge on any atom is 0.409 e. The van der Waals surface area contributed by atoms with E-state index in [-0.39, 0.29) is 54.2 Å². The number of hydrogen-bond donors (Lipinski definition) is 5. The Morgan fingerprint density at radius 3 is 2.23 bits per heavy atom. The monoisotopic (exact) mass is 784 g/mol. The second kappa shape index (κ2) is 15.8. The highest BCUT2D eigenvalue weighted by Gasteiger charge is 2.53. The van der Waals surface area contributed by atoms with Crippen LogP contribution in [0.5, 0.6) is 0 Å². The number of amides is 2. The van der Waals surface area contributed by atoms with Crippen molar-refractivity contribution in [1.82, 2.24) is 25.9 Å². The van der Waals surface area contributed by atoms with Crippen molar-refractivity contribution in [3.05, 3.63) is 29.4 Å². The molecule has 0 radical (unpaired) electrons. The van der Waals surface area contributed by atoms with Crippen LogP contribution in [0, 0.1) is 17.8 Å². The molecule has 0 bridgehead atoms. The van der Waals surface area contributed by atoms with Crippen LogP contribution < -0.4 is 32.3 Å². The minimum absolute atomic E-state index is 0.0403. The molecule has 7 N–H and O–H groups in total. The summed E-state index contributed by atoms with van der Waals surface area (Å²) >= 11 is 7.38. The van der Waals surface area contributed by atoms with Crippen LogP contribution in [-0.2, 0) is 9.47 Å². The molecule has 4 rings (SSSR count). The van der Waals surface area contributed by atoms with Crippen LogP contribution >= 0.6 is 23.4 Å². The van der Waals surface area contributed by atoms with Crippen LogP contribution in [-0.4, -0.2) is 84.0 Å². The van der Waals surface area contributed by atoms with Gasteiger partial charge in [-0.3, -0.25) is 0 Å². The van der Waals surface area contributed by atoms with Crippen LogP contribution in [0.15, 0.2) is 34.3 Å². The molecule has 0 aliphatic carbocycles. The van der Waals surface area contributed by atoms with Gasteiger partial charge in [-0.15, -0.1) is 0 Å². The molecule has 0 spiro atoms.